The van der Waals surface area contributed by atoms with E-state index in [2.05, 4.69) is 31.5 Å². The van der Waals surface area contributed by atoms with Crippen LogP contribution < -0.4 is 15.7 Å². The lowest BCUT2D eigenvalue weighted by Gasteiger charge is -2.15. The maximum atomic E-state index is 5.27. The van der Waals surface area contributed by atoms with Crippen LogP contribution in [0, 0.1) is 12.3 Å². The Labute approximate surface area is 106 Å². The molecule has 1 heterocycles. The maximum absolute atomic E-state index is 5.27. The summed E-state index contributed by atoms with van der Waals surface area (Å²) in [5.74, 6) is 3.27. The van der Waals surface area contributed by atoms with Gasteiger partial charge in [0.1, 0.15) is 12.5 Å². The van der Waals surface area contributed by atoms with Crippen LogP contribution in [0.1, 0.15) is 0 Å². The highest BCUT2D eigenvalue weighted by Crippen LogP contribution is 2.06. The van der Waals surface area contributed by atoms with E-state index in [4.69, 9.17) is 11.3 Å². The van der Waals surface area contributed by atoms with E-state index in [1.807, 2.05) is 0 Å². The van der Waals surface area contributed by atoms with Gasteiger partial charge in [0.15, 0.2) is 0 Å². The molecule has 1 aromatic rings. The largest absolute Gasteiger partial charge is 0.328 e. The van der Waals surface area contributed by atoms with Crippen molar-refractivity contribution in [1.82, 2.24) is 20.3 Å². The number of nitrogens with one attached hydrogen (secondary N) is 2. The number of anilines is 2. The fraction of sp³-hybridized carbons (Fsp3) is 0.444. The molecule has 1 aromatic heterocycles. The van der Waals surface area contributed by atoms with Gasteiger partial charge in [-0.1, -0.05) is 5.92 Å². The SMILES string of the molecule is C#CC(NC)Nc1ncnc(N(C)OC)n1.Cl. The van der Waals surface area contributed by atoms with Gasteiger partial charge in [-0.3, -0.25) is 10.2 Å². The van der Waals surface area contributed by atoms with E-state index < -0.39 is 0 Å². The quantitative estimate of drug-likeness (QED) is 0.433. The molecular formula is C9H15ClN6O. The number of hydrogen-bond acceptors (Lipinski definition) is 7. The van der Waals surface area contributed by atoms with E-state index in [0.717, 1.165) is 0 Å². The van der Waals surface area contributed by atoms with Crippen LogP contribution in [0.3, 0.4) is 0 Å². The number of hydrogen-bond donors (Lipinski definition) is 2. The van der Waals surface area contributed by atoms with Crippen LogP contribution >= 0.6 is 12.4 Å². The van der Waals surface area contributed by atoms with Gasteiger partial charge in [-0.25, -0.2) is 10.0 Å². The third-order valence-corrected chi connectivity index (χ3v) is 1.84. The summed E-state index contributed by atoms with van der Waals surface area (Å²) in [7, 11) is 4.95. The molecule has 1 unspecified atom stereocenters. The predicted octanol–water partition coefficient (Wildman–Crippen LogP) is -0.118. The summed E-state index contributed by atoms with van der Waals surface area (Å²) >= 11 is 0. The van der Waals surface area contributed by atoms with Crippen molar-refractivity contribution in [3.63, 3.8) is 0 Å². The fourth-order valence-electron chi connectivity index (χ4n) is 0.917. The second-order valence-corrected chi connectivity index (χ2v) is 2.82. The average molecular weight is 259 g/mol. The van der Waals surface area contributed by atoms with Gasteiger partial charge in [-0.2, -0.15) is 9.97 Å². The molecule has 0 aliphatic heterocycles. The van der Waals surface area contributed by atoms with E-state index in [9.17, 15) is 0 Å². The number of hydroxylamine groups is 1. The Balaban J connectivity index is 0.00000256. The molecule has 0 radical (unpaired) electrons. The van der Waals surface area contributed by atoms with Crippen molar-refractivity contribution < 1.29 is 4.84 Å². The van der Waals surface area contributed by atoms with E-state index in [1.54, 1.807) is 14.1 Å². The van der Waals surface area contributed by atoms with Gasteiger partial charge < -0.3 is 5.32 Å². The van der Waals surface area contributed by atoms with Gasteiger partial charge in [-0.05, 0) is 7.05 Å². The maximum Gasteiger partial charge on any atom is 0.254 e. The molecule has 0 fully saturated rings. The molecule has 0 bridgehead atoms. The first kappa shape index (κ1) is 15.4. The second-order valence-electron chi connectivity index (χ2n) is 2.82. The van der Waals surface area contributed by atoms with Crippen molar-refractivity contribution >= 4 is 24.3 Å². The van der Waals surface area contributed by atoms with Gasteiger partial charge in [0.05, 0.1) is 7.11 Å². The van der Waals surface area contributed by atoms with Crippen LogP contribution in [0.5, 0.6) is 0 Å². The van der Waals surface area contributed by atoms with E-state index >= 15 is 0 Å². The Morgan fingerprint density at radius 3 is 2.76 bits per heavy atom. The minimum atomic E-state index is -0.330. The molecule has 94 valence electrons. The lowest BCUT2D eigenvalue weighted by atomic mass is 10.5. The Bertz CT molecular complexity index is 382. The summed E-state index contributed by atoms with van der Waals surface area (Å²) in [6.07, 6.45) is 6.32. The number of terminal acetylenes is 1. The third kappa shape index (κ3) is 4.40. The highest BCUT2D eigenvalue weighted by molar-refractivity contribution is 5.85. The molecule has 0 aromatic carbocycles. The van der Waals surface area contributed by atoms with Crippen LogP contribution in [0.4, 0.5) is 11.9 Å². The fourth-order valence-corrected chi connectivity index (χ4v) is 0.917. The molecule has 1 atom stereocenters. The number of nitrogens with zero attached hydrogens (tertiary/aromatic N) is 4. The smallest absolute Gasteiger partial charge is 0.254 e. The van der Waals surface area contributed by atoms with Gasteiger partial charge in [0, 0.05) is 7.05 Å². The standard InChI is InChI=1S/C9H14N6O.ClH/c1-5-7(10-2)13-8-11-6-12-9(14-8)15(3)16-4;/h1,6-7,10H,2-4H3,(H,11,12,13,14);1H. The Morgan fingerprint density at radius 2 is 2.24 bits per heavy atom. The molecule has 0 spiro atoms. The molecule has 0 saturated heterocycles. The molecule has 0 saturated carbocycles. The zero-order valence-corrected chi connectivity index (χ0v) is 10.7. The Morgan fingerprint density at radius 1 is 1.53 bits per heavy atom. The highest BCUT2D eigenvalue weighted by Gasteiger charge is 2.07. The lowest BCUT2D eigenvalue weighted by Crippen LogP contribution is -2.32. The van der Waals surface area contributed by atoms with Gasteiger partial charge in [-0.15, -0.1) is 18.8 Å². The molecule has 0 aliphatic carbocycles. The molecule has 8 heteroatoms. The molecule has 1 rings (SSSR count). The van der Waals surface area contributed by atoms with E-state index in [1.165, 1.54) is 18.5 Å². The summed E-state index contributed by atoms with van der Waals surface area (Å²) in [5.41, 5.74) is 0. The van der Waals surface area contributed by atoms with Crippen LogP contribution in [0.15, 0.2) is 6.33 Å². The molecule has 2 N–H and O–H groups in total. The normalized spacial score (nSPS) is 10.9. The molecular weight excluding hydrogens is 244 g/mol. The van der Waals surface area contributed by atoms with E-state index in [-0.39, 0.29) is 18.6 Å². The number of aromatic nitrogens is 3. The van der Waals surface area contributed by atoms with Crippen molar-refractivity contribution in [3.8, 4) is 12.3 Å². The van der Waals surface area contributed by atoms with Crippen molar-refractivity contribution in [1.29, 1.82) is 0 Å². The van der Waals surface area contributed by atoms with Crippen LogP contribution in [-0.4, -0.2) is 42.3 Å². The zero-order valence-electron chi connectivity index (χ0n) is 9.84. The highest BCUT2D eigenvalue weighted by atomic mass is 35.5. The van der Waals surface area contributed by atoms with Crippen LogP contribution in [0.25, 0.3) is 0 Å². The first-order valence-corrected chi connectivity index (χ1v) is 4.58. The van der Waals surface area contributed by atoms with Gasteiger partial charge >= 0.3 is 0 Å². The monoisotopic (exact) mass is 258 g/mol. The predicted molar refractivity (Wildman–Crippen MR) is 67.8 cm³/mol. The summed E-state index contributed by atoms with van der Waals surface area (Å²) in [5, 5.41) is 7.19. The van der Waals surface area contributed by atoms with E-state index in [0.29, 0.717) is 11.9 Å². The summed E-state index contributed by atoms with van der Waals surface area (Å²) in [6, 6.07) is 0. The second kappa shape index (κ2) is 7.62. The topological polar surface area (TPSA) is 75.2 Å². The minimum absolute atomic E-state index is 0. The first-order valence-electron chi connectivity index (χ1n) is 4.58. The number of rotatable bonds is 5. The van der Waals surface area contributed by atoms with Crippen LogP contribution in [0.2, 0.25) is 0 Å². The third-order valence-electron chi connectivity index (χ3n) is 1.84. The Kier molecular flexibility index (Phi) is 6.89. The van der Waals surface area contributed by atoms with Gasteiger partial charge in [0.2, 0.25) is 5.95 Å². The average Bonchev–Trinajstić information content (AvgIpc) is 2.35. The van der Waals surface area contributed by atoms with Crippen LogP contribution in [-0.2, 0) is 4.84 Å². The minimum Gasteiger partial charge on any atom is -0.328 e. The summed E-state index contributed by atoms with van der Waals surface area (Å²) in [4.78, 5) is 16.9. The molecule has 0 amide bonds. The summed E-state index contributed by atoms with van der Waals surface area (Å²) < 4.78 is 0. The van der Waals surface area contributed by atoms with Crippen molar-refractivity contribution in [2.75, 3.05) is 31.6 Å². The zero-order chi connectivity index (χ0) is 12.0. The first-order chi connectivity index (χ1) is 7.71. The van der Waals surface area contributed by atoms with Crippen molar-refractivity contribution in [3.05, 3.63) is 6.33 Å². The molecule has 7 nitrogen and oxygen atoms in total. The lowest BCUT2D eigenvalue weighted by molar-refractivity contribution is 0.180. The van der Waals surface area contributed by atoms with Crippen molar-refractivity contribution in [2.45, 2.75) is 6.17 Å². The Hall–Kier alpha value is -1.62. The number of halogens is 1. The summed E-state index contributed by atoms with van der Waals surface area (Å²) in [6.45, 7) is 0. The molecule has 17 heavy (non-hydrogen) atoms. The molecule has 0 aliphatic rings. The van der Waals surface area contributed by atoms with Gasteiger partial charge in [0.25, 0.3) is 5.95 Å². The van der Waals surface area contributed by atoms with Crippen molar-refractivity contribution in [2.24, 2.45) is 0 Å².